The van der Waals surface area contributed by atoms with Crippen molar-refractivity contribution < 1.29 is 80.2 Å². The van der Waals surface area contributed by atoms with Crippen LogP contribution in [0.4, 0.5) is 0 Å². The Morgan fingerprint density at radius 3 is 0.697 bits per heavy atom. The Bertz CT molecular complexity index is 1760. The molecule has 0 saturated carbocycles. The van der Waals surface area contributed by atoms with E-state index in [0.29, 0.717) is 37.5 Å². The van der Waals surface area contributed by atoms with Gasteiger partial charge in [-0.05, 0) is 49.4 Å². The van der Waals surface area contributed by atoms with Gasteiger partial charge in [0, 0.05) is 25.7 Å². The molecule has 0 spiro atoms. The molecule has 0 aliphatic rings. The number of hydrogen-bond donors (Lipinski definition) is 3. The largest absolute Gasteiger partial charge is 0.472 e. The molecule has 19 heteroatoms. The van der Waals surface area contributed by atoms with E-state index in [0.717, 1.165) is 115 Å². The van der Waals surface area contributed by atoms with Gasteiger partial charge in [0.15, 0.2) is 12.2 Å². The van der Waals surface area contributed by atoms with Gasteiger partial charge in [-0.25, -0.2) is 9.13 Å². The summed E-state index contributed by atoms with van der Waals surface area (Å²) < 4.78 is 68.2. The highest BCUT2D eigenvalue weighted by Crippen LogP contribution is 2.45. The fourth-order valence-corrected chi connectivity index (χ4v) is 12.1. The van der Waals surface area contributed by atoms with Crippen LogP contribution in [0.3, 0.4) is 0 Å². The SMILES string of the molecule is CC(C)CCCCCCCCCCCCCCC(=O)O[C@H](COC(=O)CCCCCCCCCC(C)C)COP(=O)(O)OCC(O)COP(=O)(O)OC[C@@H](COC(=O)CCCCCCCCC(C)C)OC(=O)CCCCCCCCCCCCCCC(C)C. The number of phosphoric ester groups is 2. The number of esters is 4. The minimum absolute atomic E-state index is 0.105. The zero-order chi connectivity index (χ0) is 66.1. The molecule has 5 atom stereocenters. The summed E-state index contributed by atoms with van der Waals surface area (Å²) in [6.07, 6.45) is 41.9. The molecule has 528 valence electrons. The predicted molar refractivity (Wildman–Crippen MR) is 358 cm³/mol. The third kappa shape index (κ3) is 64.6. The monoisotopic (exact) mass is 1310 g/mol. The number of aliphatic hydroxyl groups excluding tert-OH is 1. The Labute approximate surface area is 543 Å². The van der Waals surface area contributed by atoms with Gasteiger partial charge in [0.25, 0.3) is 0 Å². The minimum atomic E-state index is -4.95. The molecule has 3 unspecified atom stereocenters. The fourth-order valence-electron chi connectivity index (χ4n) is 10.5. The smallest absolute Gasteiger partial charge is 0.462 e. The zero-order valence-electron chi connectivity index (χ0n) is 58.1. The molecule has 17 nitrogen and oxygen atoms in total. The van der Waals surface area contributed by atoms with Crippen molar-refractivity contribution in [1.29, 1.82) is 0 Å². The van der Waals surface area contributed by atoms with Gasteiger partial charge in [-0.15, -0.1) is 0 Å². The van der Waals surface area contributed by atoms with Crippen LogP contribution in [-0.2, 0) is 65.4 Å². The number of ether oxygens (including phenoxy) is 4. The number of carbonyl (C=O) groups is 4. The van der Waals surface area contributed by atoms with Crippen LogP contribution < -0.4 is 0 Å². The normalized spacial score (nSPS) is 14.3. The molecule has 0 bridgehead atoms. The number of aliphatic hydroxyl groups is 1. The first-order valence-corrected chi connectivity index (χ1v) is 39.2. The number of phosphoric acid groups is 2. The van der Waals surface area contributed by atoms with E-state index in [-0.39, 0.29) is 25.7 Å². The highest BCUT2D eigenvalue weighted by Gasteiger charge is 2.30. The van der Waals surface area contributed by atoms with Crippen molar-refractivity contribution in [3.8, 4) is 0 Å². The Morgan fingerprint density at radius 2 is 0.472 bits per heavy atom. The molecule has 0 saturated heterocycles. The molecule has 89 heavy (non-hydrogen) atoms. The highest BCUT2D eigenvalue weighted by molar-refractivity contribution is 7.47. The summed E-state index contributed by atoms with van der Waals surface area (Å²) in [5, 5.41) is 10.6. The second-order valence-corrected chi connectivity index (χ2v) is 30.1. The van der Waals surface area contributed by atoms with Crippen molar-refractivity contribution in [1.82, 2.24) is 0 Å². The molecule has 0 aliphatic heterocycles. The summed E-state index contributed by atoms with van der Waals surface area (Å²) in [4.78, 5) is 72.5. The summed E-state index contributed by atoms with van der Waals surface area (Å²) in [6.45, 7) is 14.0. The predicted octanol–water partition coefficient (Wildman–Crippen LogP) is 19.7. The van der Waals surface area contributed by atoms with Crippen LogP contribution in [-0.4, -0.2) is 96.7 Å². The first-order chi connectivity index (χ1) is 42.6. The lowest BCUT2D eigenvalue weighted by Gasteiger charge is -2.21. The van der Waals surface area contributed by atoms with Crippen molar-refractivity contribution in [3.63, 3.8) is 0 Å². The van der Waals surface area contributed by atoms with Crippen molar-refractivity contribution in [2.75, 3.05) is 39.6 Å². The molecule has 0 aromatic rings. The Balaban J connectivity index is 5.23. The summed E-state index contributed by atoms with van der Waals surface area (Å²) in [5.41, 5.74) is 0. The minimum Gasteiger partial charge on any atom is -0.462 e. The third-order valence-corrected chi connectivity index (χ3v) is 18.0. The van der Waals surface area contributed by atoms with E-state index < -0.39 is 97.5 Å². The molecular weight excluding hydrogens is 1170 g/mol. The standard InChI is InChI=1S/C70H136O17P2/c1-60(2)46-38-30-22-17-13-9-11-15-19-25-36-44-52-69(74)86-65(56-80-67(72)50-42-34-27-21-24-32-40-48-62(5)6)58-84-88(76,77)82-54-64(71)55-83-89(78,79)85-59-66(57-81-68(73)51-43-35-29-28-33-41-49-63(7)8)87-70(75)53-45-37-26-20-16-12-10-14-18-23-31-39-47-61(3)4/h60-66,71H,9-59H2,1-8H3,(H,76,77)(H,78,79)/t64?,65-,66-/m1/s1. The summed E-state index contributed by atoms with van der Waals surface area (Å²) in [6, 6.07) is 0. The van der Waals surface area contributed by atoms with Gasteiger partial charge in [0.1, 0.15) is 19.3 Å². The van der Waals surface area contributed by atoms with Crippen molar-refractivity contribution >= 4 is 39.5 Å². The van der Waals surface area contributed by atoms with Gasteiger partial charge in [-0.2, -0.15) is 0 Å². The first kappa shape index (κ1) is 87.1. The van der Waals surface area contributed by atoms with E-state index in [2.05, 4.69) is 55.4 Å². The van der Waals surface area contributed by atoms with Crippen molar-refractivity contribution in [3.05, 3.63) is 0 Å². The molecular formula is C70H136O17P2. The lowest BCUT2D eigenvalue weighted by atomic mass is 10.0. The molecule has 0 fully saturated rings. The molecule has 0 aromatic carbocycles. The summed E-state index contributed by atoms with van der Waals surface area (Å²) in [5.74, 6) is 0.806. The summed E-state index contributed by atoms with van der Waals surface area (Å²) in [7, 11) is -9.90. The average Bonchev–Trinajstić information content (AvgIpc) is 3.60. The van der Waals surface area contributed by atoms with Gasteiger partial charge >= 0.3 is 39.5 Å². The van der Waals surface area contributed by atoms with Gasteiger partial charge in [0.2, 0.25) is 0 Å². The number of rotatable bonds is 67. The average molecular weight is 1310 g/mol. The third-order valence-electron chi connectivity index (χ3n) is 16.1. The second kappa shape index (κ2) is 59.8. The van der Waals surface area contributed by atoms with Crippen molar-refractivity contribution in [2.45, 2.75) is 363 Å². The highest BCUT2D eigenvalue weighted by atomic mass is 31.2. The van der Waals surface area contributed by atoms with E-state index >= 15 is 0 Å². The number of carbonyl (C=O) groups excluding carboxylic acids is 4. The number of hydrogen-bond acceptors (Lipinski definition) is 15. The molecule has 0 aromatic heterocycles. The quantitative estimate of drug-likeness (QED) is 0.0222. The van der Waals surface area contributed by atoms with E-state index in [9.17, 15) is 43.2 Å². The van der Waals surface area contributed by atoms with Crippen LogP contribution in [0.5, 0.6) is 0 Å². The van der Waals surface area contributed by atoms with E-state index in [1.54, 1.807) is 0 Å². The second-order valence-electron chi connectivity index (χ2n) is 27.2. The van der Waals surface area contributed by atoms with Crippen LogP contribution >= 0.6 is 15.6 Å². The zero-order valence-corrected chi connectivity index (χ0v) is 59.8. The van der Waals surface area contributed by atoms with Crippen LogP contribution in [0, 0.1) is 23.7 Å². The molecule has 0 radical (unpaired) electrons. The summed E-state index contributed by atoms with van der Waals surface area (Å²) >= 11 is 0. The van der Waals surface area contributed by atoms with Gasteiger partial charge in [0.05, 0.1) is 26.4 Å². The van der Waals surface area contributed by atoms with E-state index in [1.165, 1.54) is 135 Å². The number of unbranched alkanes of at least 4 members (excludes halogenated alkanes) is 33. The van der Waals surface area contributed by atoms with E-state index in [1.807, 2.05) is 0 Å². The maximum absolute atomic E-state index is 13.0. The Kier molecular flexibility index (Phi) is 58.5. The maximum atomic E-state index is 13.0. The molecule has 0 heterocycles. The van der Waals surface area contributed by atoms with Crippen LogP contribution in [0.25, 0.3) is 0 Å². The Hall–Kier alpha value is -1.94. The van der Waals surface area contributed by atoms with Gasteiger partial charge in [-0.1, -0.05) is 293 Å². The lowest BCUT2D eigenvalue weighted by Crippen LogP contribution is -2.30. The van der Waals surface area contributed by atoms with E-state index in [4.69, 9.17) is 37.0 Å². The van der Waals surface area contributed by atoms with Crippen LogP contribution in [0.2, 0.25) is 0 Å². The maximum Gasteiger partial charge on any atom is 0.472 e. The topological polar surface area (TPSA) is 237 Å². The van der Waals surface area contributed by atoms with Crippen LogP contribution in [0.1, 0.15) is 344 Å². The lowest BCUT2D eigenvalue weighted by molar-refractivity contribution is -0.161. The Morgan fingerprint density at radius 1 is 0.281 bits per heavy atom. The molecule has 0 aliphatic carbocycles. The molecule has 0 amide bonds. The van der Waals surface area contributed by atoms with Gasteiger partial charge < -0.3 is 33.8 Å². The van der Waals surface area contributed by atoms with Gasteiger partial charge in [-0.3, -0.25) is 37.3 Å². The first-order valence-electron chi connectivity index (χ1n) is 36.2. The molecule has 3 N–H and O–H groups in total. The fraction of sp³-hybridized carbons (Fsp3) is 0.943. The van der Waals surface area contributed by atoms with Crippen LogP contribution in [0.15, 0.2) is 0 Å². The van der Waals surface area contributed by atoms with Crippen molar-refractivity contribution in [2.24, 2.45) is 23.7 Å². The molecule has 0 rings (SSSR count).